The minimum Gasteiger partial charge on any atom is -0.383 e. The van der Waals surface area contributed by atoms with E-state index in [0.29, 0.717) is 0 Å². The van der Waals surface area contributed by atoms with Crippen molar-refractivity contribution in [2.45, 2.75) is 24.9 Å². The molecule has 1 saturated heterocycles. The molecule has 0 amide bonds. The zero-order chi connectivity index (χ0) is 16.4. The molecule has 1 aromatic heterocycles. The number of aromatic nitrogens is 2. The van der Waals surface area contributed by atoms with E-state index in [1.165, 1.54) is 5.56 Å². The minimum atomic E-state index is -0.197. The van der Waals surface area contributed by atoms with Crippen molar-refractivity contribution in [2.24, 2.45) is 0 Å². The molecule has 0 N–H and O–H groups in total. The smallest absolute Gasteiger partial charge is 0.115 e. The summed E-state index contributed by atoms with van der Waals surface area (Å²) in [5, 5.41) is 4.93. The van der Waals surface area contributed by atoms with Crippen LogP contribution in [-0.4, -0.2) is 54.6 Å². The highest BCUT2D eigenvalue weighted by Crippen LogP contribution is 2.40. The van der Waals surface area contributed by atoms with Crippen LogP contribution in [-0.2, 0) is 21.5 Å². The van der Waals surface area contributed by atoms with Crippen LogP contribution in [0.15, 0.2) is 36.5 Å². The third-order valence-corrected chi connectivity index (χ3v) is 5.27. The molecule has 1 aromatic carbocycles. The highest BCUT2D eigenvalue weighted by Gasteiger charge is 2.43. The van der Waals surface area contributed by atoms with Gasteiger partial charge >= 0.3 is 0 Å². The van der Waals surface area contributed by atoms with Gasteiger partial charge in [-0.25, -0.2) is 4.68 Å². The lowest BCUT2D eigenvalue weighted by atomic mass is 9.84. The zero-order valence-corrected chi connectivity index (χ0v) is 14.3. The van der Waals surface area contributed by atoms with E-state index in [9.17, 15) is 0 Å². The Kier molecular flexibility index (Phi) is 4.39. The van der Waals surface area contributed by atoms with Gasteiger partial charge in [0.25, 0.3) is 0 Å². The summed E-state index contributed by atoms with van der Waals surface area (Å²) < 4.78 is 13.5. The lowest BCUT2D eigenvalue weighted by Crippen LogP contribution is -2.47. The lowest BCUT2D eigenvalue weighted by molar-refractivity contribution is -0.102. The van der Waals surface area contributed by atoms with Crippen molar-refractivity contribution in [2.75, 3.05) is 40.0 Å². The number of ether oxygens (including phenoxy) is 2. The summed E-state index contributed by atoms with van der Waals surface area (Å²) in [4.78, 5) is 2.46. The SMILES string of the molecule is COCCN1CCC2(CC1)OCCc1cn(-c3ccccc3)nc12. The number of benzene rings is 1. The predicted molar refractivity (Wildman–Crippen MR) is 92.4 cm³/mol. The average Bonchev–Trinajstić information content (AvgIpc) is 3.08. The molecule has 128 valence electrons. The van der Waals surface area contributed by atoms with Crippen LogP contribution in [0.4, 0.5) is 0 Å². The monoisotopic (exact) mass is 327 g/mol. The molecule has 5 heteroatoms. The second kappa shape index (κ2) is 6.67. The molecule has 3 heterocycles. The van der Waals surface area contributed by atoms with Crippen LogP contribution in [0.2, 0.25) is 0 Å². The van der Waals surface area contributed by atoms with E-state index in [1.54, 1.807) is 7.11 Å². The van der Waals surface area contributed by atoms with E-state index in [1.807, 2.05) is 10.7 Å². The fourth-order valence-corrected chi connectivity index (χ4v) is 3.85. The van der Waals surface area contributed by atoms with Crippen molar-refractivity contribution in [1.29, 1.82) is 0 Å². The number of hydrogen-bond acceptors (Lipinski definition) is 4. The third-order valence-electron chi connectivity index (χ3n) is 5.27. The van der Waals surface area contributed by atoms with Gasteiger partial charge in [0.1, 0.15) is 5.60 Å². The highest BCUT2D eigenvalue weighted by atomic mass is 16.5. The molecular weight excluding hydrogens is 302 g/mol. The van der Waals surface area contributed by atoms with E-state index in [2.05, 4.69) is 35.4 Å². The van der Waals surface area contributed by atoms with Crippen LogP contribution >= 0.6 is 0 Å². The molecule has 4 rings (SSSR count). The van der Waals surface area contributed by atoms with Crippen LogP contribution < -0.4 is 0 Å². The number of para-hydroxylation sites is 1. The molecule has 0 bridgehead atoms. The number of fused-ring (bicyclic) bond motifs is 2. The van der Waals surface area contributed by atoms with Gasteiger partial charge in [-0.2, -0.15) is 5.10 Å². The number of hydrogen-bond donors (Lipinski definition) is 0. The Morgan fingerprint density at radius 3 is 2.75 bits per heavy atom. The van der Waals surface area contributed by atoms with Crippen molar-refractivity contribution in [3.63, 3.8) is 0 Å². The van der Waals surface area contributed by atoms with E-state index in [4.69, 9.17) is 14.6 Å². The van der Waals surface area contributed by atoms with E-state index in [0.717, 1.165) is 63.5 Å². The number of methoxy groups -OCH3 is 1. The molecule has 2 aromatic rings. The number of piperidine rings is 1. The maximum absolute atomic E-state index is 6.30. The molecule has 1 spiro atoms. The minimum absolute atomic E-state index is 0.197. The third kappa shape index (κ3) is 2.88. The summed E-state index contributed by atoms with van der Waals surface area (Å²) in [6, 6.07) is 10.3. The standard InChI is InChI=1S/C19H25N3O2/c1-23-14-12-21-10-8-19(9-11-21)18-16(7-13-24-19)15-22(20-18)17-5-3-2-4-6-17/h2-6,15H,7-14H2,1H3. The Bertz CT molecular complexity index is 675. The molecule has 2 aliphatic rings. The topological polar surface area (TPSA) is 39.5 Å². The normalized spacial score (nSPS) is 20.2. The van der Waals surface area contributed by atoms with Crippen LogP contribution in [0.3, 0.4) is 0 Å². The van der Waals surface area contributed by atoms with Gasteiger partial charge in [0.2, 0.25) is 0 Å². The molecule has 24 heavy (non-hydrogen) atoms. The molecule has 0 unspecified atom stereocenters. The first kappa shape index (κ1) is 15.8. The van der Waals surface area contributed by atoms with Gasteiger partial charge in [-0.3, -0.25) is 0 Å². The van der Waals surface area contributed by atoms with Gasteiger partial charge in [0.05, 0.1) is 24.6 Å². The van der Waals surface area contributed by atoms with Crippen LogP contribution in [0, 0.1) is 0 Å². The lowest BCUT2D eigenvalue weighted by Gasteiger charge is -2.43. The summed E-state index contributed by atoms with van der Waals surface area (Å²) >= 11 is 0. The number of rotatable bonds is 4. The quantitative estimate of drug-likeness (QED) is 0.864. The zero-order valence-electron chi connectivity index (χ0n) is 14.3. The predicted octanol–water partition coefficient (Wildman–Crippen LogP) is 2.38. The van der Waals surface area contributed by atoms with Gasteiger partial charge < -0.3 is 14.4 Å². The van der Waals surface area contributed by atoms with Crippen molar-refractivity contribution < 1.29 is 9.47 Å². The molecule has 0 aliphatic carbocycles. The second-order valence-electron chi connectivity index (χ2n) is 6.71. The van der Waals surface area contributed by atoms with Crippen molar-refractivity contribution in [1.82, 2.24) is 14.7 Å². The van der Waals surface area contributed by atoms with E-state index >= 15 is 0 Å². The van der Waals surface area contributed by atoms with Crippen LogP contribution in [0.5, 0.6) is 0 Å². The Morgan fingerprint density at radius 1 is 1.21 bits per heavy atom. The average molecular weight is 327 g/mol. The Hall–Kier alpha value is -1.69. The first-order chi connectivity index (χ1) is 11.8. The number of likely N-dealkylation sites (tertiary alicyclic amines) is 1. The van der Waals surface area contributed by atoms with Crippen molar-refractivity contribution in [3.05, 3.63) is 47.8 Å². The van der Waals surface area contributed by atoms with Gasteiger partial charge in [-0.05, 0) is 37.0 Å². The van der Waals surface area contributed by atoms with Gasteiger partial charge in [-0.1, -0.05) is 18.2 Å². The summed E-state index contributed by atoms with van der Waals surface area (Å²) in [5.41, 5.74) is 3.41. The molecular formula is C19H25N3O2. The fraction of sp³-hybridized carbons (Fsp3) is 0.526. The molecule has 5 nitrogen and oxygen atoms in total. The van der Waals surface area contributed by atoms with Gasteiger partial charge in [0, 0.05) is 32.9 Å². The molecule has 2 aliphatic heterocycles. The van der Waals surface area contributed by atoms with Gasteiger partial charge in [-0.15, -0.1) is 0 Å². The Morgan fingerprint density at radius 2 is 2.00 bits per heavy atom. The summed E-state index contributed by atoms with van der Waals surface area (Å²) in [6.45, 7) is 4.67. The Labute approximate surface area is 143 Å². The fourth-order valence-electron chi connectivity index (χ4n) is 3.85. The highest BCUT2D eigenvalue weighted by molar-refractivity contribution is 5.35. The maximum Gasteiger partial charge on any atom is 0.115 e. The molecule has 0 atom stereocenters. The molecule has 1 fully saturated rings. The first-order valence-corrected chi connectivity index (χ1v) is 8.80. The van der Waals surface area contributed by atoms with Crippen molar-refractivity contribution >= 4 is 0 Å². The maximum atomic E-state index is 6.30. The summed E-state index contributed by atoms with van der Waals surface area (Å²) in [7, 11) is 1.76. The summed E-state index contributed by atoms with van der Waals surface area (Å²) in [6.07, 6.45) is 5.16. The first-order valence-electron chi connectivity index (χ1n) is 8.80. The van der Waals surface area contributed by atoms with Gasteiger partial charge in [0.15, 0.2) is 0 Å². The van der Waals surface area contributed by atoms with Crippen LogP contribution in [0.25, 0.3) is 5.69 Å². The molecule has 0 radical (unpaired) electrons. The van der Waals surface area contributed by atoms with E-state index < -0.39 is 0 Å². The second-order valence-corrected chi connectivity index (χ2v) is 6.71. The van der Waals surface area contributed by atoms with Crippen molar-refractivity contribution in [3.8, 4) is 5.69 Å². The largest absolute Gasteiger partial charge is 0.383 e. The van der Waals surface area contributed by atoms with E-state index in [-0.39, 0.29) is 5.60 Å². The number of nitrogens with zero attached hydrogens (tertiary/aromatic N) is 3. The molecule has 0 saturated carbocycles. The van der Waals surface area contributed by atoms with Crippen LogP contribution in [0.1, 0.15) is 24.1 Å². The Balaban J connectivity index is 1.57. The summed E-state index contributed by atoms with van der Waals surface area (Å²) in [5.74, 6) is 0.